The number of aromatic nitrogens is 1. The Hall–Kier alpha value is -2.76. The molecule has 2 bridgehead atoms. The van der Waals surface area contributed by atoms with Crippen LogP contribution in [0.2, 0.25) is 0 Å². The van der Waals surface area contributed by atoms with Gasteiger partial charge in [-0.2, -0.15) is 0 Å². The largest absolute Gasteiger partial charge is 0.508 e. The molecule has 6 heteroatoms. The Morgan fingerprint density at radius 2 is 1.96 bits per heavy atom. The van der Waals surface area contributed by atoms with Gasteiger partial charge in [-0.25, -0.2) is 4.79 Å². The summed E-state index contributed by atoms with van der Waals surface area (Å²) in [6.07, 6.45) is 11.0. The van der Waals surface area contributed by atoms with Crippen molar-refractivity contribution in [3.8, 4) is 5.75 Å². The molecule has 6 nitrogen and oxygen atoms in total. The summed E-state index contributed by atoms with van der Waals surface area (Å²) in [6.45, 7) is 0. The van der Waals surface area contributed by atoms with Crippen molar-refractivity contribution >= 4 is 5.97 Å². The van der Waals surface area contributed by atoms with Gasteiger partial charge in [0, 0.05) is 42.6 Å². The van der Waals surface area contributed by atoms with Gasteiger partial charge < -0.3 is 20.4 Å². The van der Waals surface area contributed by atoms with Gasteiger partial charge in [-0.15, -0.1) is 0 Å². The number of carboxylic acid groups (broad SMARTS) is 1. The molecule has 1 aliphatic heterocycles. The van der Waals surface area contributed by atoms with Crippen LogP contribution < -0.4 is 0 Å². The molecule has 3 aliphatic rings. The molecule has 1 aromatic carbocycles. The van der Waals surface area contributed by atoms with E-state index < -0.39 is 5.97 Å². The molecular formula is C21H23N3O3. The van der Waals surface area contributed by atoms with E-state index in [1.165, 1.54) is 55.5 Å². The number of hydrogen-bond donors (Lipinski definition) is 2. The summed E-state index contributed by atoms with van der Waals surface area (Å²) in [5.74, 6) is -0.912. The maximum Gasteiger partial charge on any atom is 0.335 e. The molecule has 0 radical (unpaired) electrons. The fraction of sp³-hybridized carbons (Fsp3) is 0.429. The van der Waals surface area contributed by atoms with Crippen molar-refractivity contribution in [3.63, 3.8) is 0 Å². The Morgan fingerprint density at radius 1 is 1.19 bits per heavy atom. The summed E-state index contributed by atoms with van der Waals surface area (Å²) in [5, 5.41) is 17.1. The SMILES string of the molecule is O=C(O)c1ccc(O)cc1.[N-]=[N+]1C2CCCC23CCC1(c1cccnc1)C3. The normalized spacial score (nSPS) is 30.5. The van der Waals surface area contributed by atoms with Crippen LogP contribution in [0.25, 0.3) is 5.53 Å². The molecule has 2 aromatic rings. The van der Waals surface area contributed by atoms with Gasteiger partial charge in [-0.1, -0.05) is 0 Å². The van der Waals surface area contributed by atoms with Crippen molar-refractivity contribution in [2.24, 2.45) is 5.41 Å². The van der Waals surface area contributed by atoms with E-state index >= 15 is 0 Å². The molecule has 5 rings (SSSR count). The fourth-order valence-corrected chi connectivity index (χ4v) is 5.33. The number of phenolic OH excluding ortho intramolecular Hbond substituents is 1. The Bertz CT molecular complexity index is 868. The van der Waals surface area contributed by atoms with E-state index in [2.05, 4.69) is 11.1 Å². The predicted molar refractivity (Wildman–Crippen MR) is 98.5 cm³/mol. The lowest BCUT2D eigenvalue weighted by molar-refractivity contribution is -0.657. The van der Waals surface area contributed by atoms with Crippen LogP contribution in [-0.2, 0) is 5.54 Å². The van der Waals surface area contributed by atoms with Gasteiger partial charge in [-0.3, -0.25) is 4.98 Å². The first-order valence-electron chi connectivity index (χ1n) is 9.38. The maximum atomic E-state index is 10.6. The van der Waals surface area contributed by atoms with Crippen molar-refractivity contribution in [1.82, 2.24) is 4.98 Å². The lowest BCUT2D eigenvalue weighted by atomic mass is 9.82. The summed E-state index contributed by atoms with van der Waals surface area (Å²) in [7, 11) is 0. The maximum absolute atomic E-state index is 10.6. The minimum absolute atomic E-state index is 0.0741. The van der Waals surface area contributed by atoms with E-state index in [4.69, 9.17) is 10.2 Å². The Kier molecular flexibility index (Phi) is 4.21. The van der Waals surface area contributed by atoms with E-state index in [-0.39, 0.29) is 16.9 Å². The molecule has 0 amide bonds. The average molecular weight is 365 g/mol. The average Bonchev–Trinajstić information content (AvgIpc) is 3.34. The highest BCUT2D eigenvalue weighted by Crippen LogP contribution is 2.65. The number of phenols is 1. The minimum atomic E-state index is -0.986. The zero-order chi connectivity index (χ0) is 19.1. The van der Waals surface area contributed by atoms with E-state index in [1.54, 1.807) is 4.70 Å². The molecule has 27 heavy (non-hydrogen) atoms. The Balaban J connectivity index is 0.000000155. The molecule has 3 unspecified atom stereocenters. The molecule has 2 heterocycles. The molecule has 1 saturated heterocycles. The Morgan fingerprint density at radius 3 is 2.59 bits per heavy atom. The number of aromatic hydroxyl groups is 1. The third-order valence-corrected chi connectivity index (χ3v) is 6.59. The second-order valence-electron chi connectivity index (χ2n) is 7.92. The molecule has 2 N–H and O–H groups in total. The number of pyridine rings is 1. The third-order valence-electron chi connectivity index (χ3n) is 6.59. The molecule has 3 atom stereocenters. The van der Waals surface area contributed by atoms with Crippen LogP contribution in [0.1, 0.15) is 54.4 Å². The highest BCUT2D eigenvalue weighted by molar-refractivity contribution is 5.87. The van der Waals surface area contributed by atoms with E-state index in [1.807, 2.05) is 18.5 Å². The molecule has 2 saturated carbocycles. The van der Waals surface area contributed by atoms with Crippen LogP contribution in [0.15, 0.2) is 48.8 Å². The van der Waals surface area contributed by atoms with E-state index in [9.17, 15) is 10.3 Å². The highest BCUT2D eigenvalue weighted by atomic mass is 16.4. The number of carbonyl (C=O) groups is 1. The van der Waals surface area contributed by atoms with E-state index in [0.29, 0.717) is 11.5 Å². The number of nitrogens with zero attached hydrogens (tertiary/aromatic N) is 3. The molecule has 140 valence electrons. The van der Waals surface area contributed by atoms with Crippen LogP contribution in [0, 0.1) is 5.41 Å². The minimum Gasteiger partial charge on any atom is -0.508 e. The first-order chi connectivity index (χ1) is 13.0. The number of aromatic carboxylic acids is 1. The number of benzene rings is 1. The van der Waals surface area contributed by atoms with Crippen LogP contribution in [-0.4, -0.2) is 31.9 Å². The smallest absolute Gasteiger partial charge is 0.335 e. The van der Waals surface area contributed by atoms with Crippen molar-refractivity contribution in [2.75, 3.05) is 0 Å². The van der Waals surface area contributed by atoms with Crippen molar-refractivity contribution in [2.45, 2.75) is 50.1 Å². The monoisotopic (exact) mass is 365 g/mol. The quantitative estimate of drug-likeness (QED) is 0.782. The summed E-state index contributed by atoms with van der Waals surface area (Å²) in [4.78, 5) is 14.5. The lowest BCUT2D eigenvalue weighted by Crippen LogP contribution is -2.39. The van der Waals surface area contributed by atoms with E-state index in [0.717, 1.165) is 12.8 Å². The zero-order valence-corrected chi connectivity index (χ0v) is 15.1. The van der Waals surface area contributed by atoms with Gasteiger partial charge >= 0.3 is 5.97 Å². The summed E-state index contributed by atoms with van der Waals surface area (Å²) < 4.78 is 1.69. The fourth-order valence-electron chi connectivity index (χ4n) is 5.33. The Labute approximate surface area is 158 Å². The van der Waals surface area contributed by atoms with Crippen LogP contribution in [0.3, 0.4) is 0 Å². The molecule has 1 aromatic heterocycles. The van der Waals surface area contributed by atoms with Crippen molar-refractivity contribution in [3.05, 3.63) is 65.4 Å². The molecule has 2 aliphatic carbocycles. The molecule has 1 spiro atoms. The van der Waals surface area contributed by atoms with Crippen LogP contribution in [0.4, 0.5) is 0 Å². The van der Waals surface area contributed by atoms with Crippen molar-refractivity contribution in [1.29, 1.82) is 0 Å². The van der Waals surface area contributed by atoms with Gasteiger partial charge in [0.1, 0.15) is 11.8 Å². The number of piperidine rings is 1. The zero-order valence-electron chi connectivity index (χ0n) is 15.1. The summed E-state index contributed by atoms with van der Waals surface area (Å²) in [6, 6.07) is 9.87. The van der Waals surface area contributed by atoms with Gasteiger partial charge in [0.25, 0.3) is 0 Å². The number of rotatable bonds is 2. The number of carboxylic acids is 1. The highest BCUT2D eigenvalue weighted by Gasteiger charge is 2.69. The first-order valence-corrected chi connectivity index (χ1v) is 9.38. The van der Waals surface area contributed by atoms with Gasteiger partial charge in [0.2, 0.25) is 0 Å². The van der Waals surface area contributed by atoms with Gasteiger partial charge in [0.05, 0.1) is 5.56 Å². The standard InChI is InChI=1S/C14H17N3.C7H6O3/c15-17-12-4-1-5-13(12)6-7-14(17,10-13)11-3-2-8-16-9-11;8-6-3-1-5(2-4-6)7(9)10/h2-3,8-9,12H,1,4-7,10H2;1-4,8H,(H,9,10). The first kappa shape index (κ1) is 17.6. The van der Waals surface area contributed by atoms with Gasteiger partial charge in [-0.05, 0) is 55.7 Å². The van der Waals surface area contributed by atoms with Crippen LogP contribution in [0.5, 0.6) is 5.75 Å². The molecule has 3 fully saturated rings. The summed E-state index contributed by atoms with van der Waals surface area (Å²) >= 11 is 0. The topological polar surface area (TPSA) is 95.7 Å². The number of fused-ring (bicyclic) bond motifs is 1. The lowest BCUT2D eigenvalue weighted by Gasteiger charge is -2.32. The van der Waals surface area contributed by atoms with Gasteiger partial charge in [0.15, 0.2) is 5.54 Å². The summed E-state index contributed by atoms with van der Waals surface area (Å²) in [5.41, 5.74) is 12.3. The second-order valence-corrected chi connectivity index (χ2v) is 7.92. The van der Waals surface area contributed by atoms with Crippen molar-refractivity contribution < 1.29 is 19.7 Å². The second kappa shape index (κ2) is 6.44. The predicted octanol–water partition coefficient (Wildman–Crippen LogP) is 4.14. The van der Waals surface area contributed by atoms with Crippen LogP contribution >= 0.6 is 0 Å². The number of hydrogen-bond acceptors (Lipinski definition) is 3. The molecular weight excluding hydrogens is 342 g/mol. The third kappa shape index (κ3) is 2.80.